The Labute approximate surface area is 330 Å². The van der Waals surface area contributed by atoms with Gasteiger partial charge in [0.1, 0.15) is 11.2 Å². The fourth-order valence-electron chi connectivity index (χ4n) is 8.26. The Balaban J connectivity index is 1.05. The van der Waals surface area contributed by atoms with Crippen molar-refractivity contribution in [1.29, 1.82) is 0 Å². The maximum Gasteiger partial charge on any atom is 0.238 e. The molecule has 0 atom stereocenters. The quantitative estimate of drug-likeness (QED) is 0.174. The van der Waals surface area contributed by atoms with Crippen molar-refractivity contribution in [3.05, 3.63) is 163 Å². The SMILES string of the molecule is C1=CC(c2nc(-c3cccc4c3oc3ccc(-c5nc(-c6ccccc6)nc(-n6c7ccccc7c7ccccc76)n5)cc34)nc3c2sc2ccccc23)=CCC1. The van der Waals surface area contributed by atoms with E-state index in [0.29, 0.717) is 23.4 Å². The normalized spacial score (nSPS) is 13.2. The monoisotopic (exact) mass is 750 g/mol. The average molecular weight is 751 g/mol. The van der Waals surface area contributed by atoms with Crippen LogP contribution in [0.5, 0.6) is 0 Å². The molecule has 8 heteroatoms. The summed E-state index contributed by atoms with van der Waals surface area (Å²) in [7, 11) is 0. The van der Waals surface area contributed by atoms with Gasteiger partial charge >= 0.3 is 0 Å². The second kappa shape index (κ2) is 12.6. The fraction of sp³-hybridized carbons (Fsp3) is 0.0408. The van der Waals surface area contributed by atoms with E-state index in [2.05, 4.69) is 120 Å². The molecule has 7 nitrogen and oxygen atoms in total. The van der Waals surface area contributed by atoms with Crippen molar-refractivity contribution in [2.75, 3.05) is 0 Å². The van der Waals surface area contributed by atoms with Crippen LogP contribution in [0.15, 0.2) is 162 Å². The molecule has 0 amide bonds. The van der Waals surface area contributed by atoms with E-state index < -0.39 is 0 Å². The first-order valence-electron chi connectivity index (χ1n) is 19.1. The van der Waals surface area contributed by atoms with Crippen LogP contribution in [0.1, 0.15) is 18.5 Å². The van der Waals surface area contributed by atoms with Crippen molar-refractivity contribution in [3.63, 3.8) is 0 Å². The Kier molecular flexibility index (Phi) is 7.09. The Bertz CT molecular complexity index is 3430. The van der Waals surface area contributed by atoms with Crippen molar-refractivity contribution in [3.8, 4) is 40.1 Å². The zero-order valence-corrected chi connectivity index (χ0v) is 31.2. The summed E-state index contributed by atoms with van der Waals surface area (Å²) in [5.74, 6) is 2.38. The molecule has 0 aliphatic heterocycles. The highest BCUT2D eigenvalue weighted by Gasteiger charge is 2.22. The number of hydrogen-bond donors (Lipinski definition) is 0. The first-order valence-corrected chi connectivity index (χ1v) is 19.9. The molecule has 0 unspecified atom stereocenters. The molecule has 57 heavy (non-hydrogen) atoms. The Morgan fingerprint density at radius 1 is 0.544 bits per heavy atom. The predicted octanol–water partition coefficient (Wildman–Crippen LogP) is 12.8. The van der Waals surface area contributed by atoms with E-state index in [9.17, 15) is 0 Å². The molecule has 1 aliphatic rings. The third-order valence-corrected chi connectivity index (χ3v) is 12.1. The van der Waals surface area contributed by atoms with E-state index in [1.165, 1.54) is 4.70 Å². The third kappa shape index (κ3) is 5.08. The van der Waals surface area contributed by atoms with Crippen LogP contribution in [0, 0.1) is 0 Å². The van der Waals surface area contributed by atoms with Gasteiger partial charge in [0.25, 0.3) is 0 Å². The maximum atomic E-state index is 6.70. The fourth-order valence-corrected chi connectivity index (χ4v) is 9.41. The molecule has 5 aromatic heterocycles. The van der Waals surface area contributed by atoms with Gasteiger partial charge in [-0.05, 0) is 60.9 Å². The number of fused-ring (bicyclic) bond motifs is 9. The Morgan fingerprint density at radius 2 is 1.26 bits per heavy atom. The van der Waals surface area contributed by atoms with Gasteiger partial charge in [-0.15, -0.1) is 11.3 Å². The minimum absolute atomic E-state index is 0.558. The van der Waals surface area contributed by atoms with E-state index in [1.807, 2.05) is 42.5 Å². The van der Waals surface area contributed by atoms with Crippen molar-refractivity contribution < 1.29 is 4.42 Å². The van der Waals surface area contributed by atoms with Gasteiger partial charge in [-0.2, -0.15) is 9.97 Å². The van der Waals surface area contributed by atoms with Gasteiger partial charge in [-0.3, -0.25) is 4.57 Å². The molecule has 5 heterocycles. The average Bonchev–Trinajstić information content (AvgIpc) is 3.96. The first kappa shape index (κ1) is 32.0. The van der Waals surface area contributed by atoms with Gasteiger partial charge in [0.05, 0.1) is 32.5 Å². The van der Waals surface area contributed by atoms with Gasteiger partial charge in [0, 0.05) is 42.8 Å². The van der Waals surface area contributed by atoms with Gasteiger partial charge in [-0.1, -0.05) is 115 Å². The summed E-state index contributed by atoms with van der Waals surface area (Å²) in [6, 6.07) is 47.8. The first-order chi connectivity index (χ1) is 28.2. The van der Waals surface area contributed by atoms with Gasteiger partial charge in [-0.25, -0.2) is 15.0 Å². The second-order valence-electron chi connectivity index (χ2n) is 14.3. The number of hydrogen-bond acceptors (Lipinski definition) is 7. The molecule has 12 rings (SSSR count). The van der Waals surface area contributed by atoms with E-state index in [4.69, 9.17) is 29.3 Å². The molecule has 1 aliphatic carbocycles. The second-order valence-corrected chi connectivity index (χ2v) is 15.4. The molecule has 11 aromatic rings. The summed E-state index contributed by atoms with van der Waals surface area (Å²) >= 11 is 1.75. The van der Waals surface area contributed by atoms with Crippen molar-refractivity contribution in [2.24, 2.45) is 0 Å². The molecule has 6 aromatic carbocycles. The van der Waals surface area contributed by atoms with Crippen LogP contribution in [-0.2, 0) is 0 Å². The van der Waals surface area contributed by atoms with Crippen LogP contribution < -0.4 is 0 Å². The smallest absolute Gasteiger partial charge is 0.238 e. The van der Waals surface area contributed by atoms with E-state index in [1.54, 1.807) is 11.3 Å². The summed E-state index contributed by atoms with van der Waals surface area (Å²) < 4.78 is 11.1. The topological polar surface area (TPSA) is 82.5 Å². The highest BCUT2D eigenvalue weighted by Crippen LogP contribution is 2.42. The molecule has 0 spiro atoms. The zero-order chi connectivity index (χ0) is 37.5. The lowest BCUT2D eigenvalue weighted by Crippen LogP contribution is -2.06. The molecule has 0 fully saturated rings. The predicted molar refractivity (Wildman–Crippen MR) is 233 cm³/mol. The summed E-state index contributed by atoms with van der Waals surface area (Å²) in [5, 5.41) is 5.36. The molecule has 0 radical (unpaired) electrons. The van der Waals surface area contributed by atoms with Gasteiger partial charge in [0.2, 0.25) is 5.95 Å². The highest BCUT2D eigenvalue weighted by atomic mass is 32.1. The van der Waals surface area contributed by atoms with Crippen molar-refractivity contribution >= 4 is 81.0 Å². The van der Waals surface area contributed by atoms with Crippen LogP contribution >= 0.6 is 11.3 Å². The van der Waals surface area contributed by atoms with Crippen LogP contribution in [0.3, 0.4) is 0 Å². The molecule has 0 bridgehead atoms. The van der Waals surface area contributed by atoms with E-state index >= 15 is 0 Å². The zero-order valence-electron chi connectivity index (χ0n) is 30.4. The minimum Gasteiger partial charge on any atom is -0.455 e. The number of furan rings is 1. The number of rotatable bonds is 5. The van der Waals surface area contributed by atoms with Gasteiger partial charge < -0.3 is 4.42 Å². The summed E-state index contributed by atoms with van der Waals surface area (Å²) in [6.45, 7) is 0. The summed E-state index contributed by atoms with van der Waals surface area (Å²) in [4.78, 5) is 25.9. The third-order valence-electron chi connectivity index (χ3n) is 10.9. The Morgan fingerprint density at radius 3 is 2.05 bits per heavy atom. The number of thiophene rings is 1. The van der Waals surface area contributed by atoms with Crippen LogP contribution in [0.4, 0.5) is 0 Å². The van der Waals surface area contributed by atoms with Crippen LogP contribution in [-0.4, -0.2) is 29.5 Å². The molecule has 0 saturated carbocycles. The molecular formula is C49H30N6OS. The molecule has 0 saturated heterocycles. The minimum atomic E-state index is 0.558. The van der Waals surface area contributed by atoms with Crippen molar-refractivity contribution in [2.45, 2.75) is 12.8 Å². The number of nitrogens with zero attached hydrogens (tertiary/aromatic N) is 6. The molecule has 0 N–H and O–H groups in total. The number of benzene rings is 6. The number of aromatic nitrogens is 6. The highest BCUT2D eigenvalue weighted by molar-refractivity contribution is 7.26. The lowest BCUT2D eigenvalue weighted by molar-refractivity contribution is 0.669. The van der Waals surface area contributed by atoms with Crippen LogP contribution in [0.25, 0.3) is 110 Å². The molecular weight excluding hydrogens is 721 g/mol. The molecule has 268 valence electrons. The van der Waals surface area contributed by atoms with Crippen molar-refractivity contribution in [1.82, 2.24) is 29.5 Å². The number of allylic oxidation sites excluding steroid dienone is 4. The summed E-state index contributed by atoms with van der Waals surface area (Å²) in [6.07, 6.45) is 8.75. The largest absolute Gasteiger partial charge is 0.455 e. The van der Waals surface area contributed by atoms with Crippen LogP contribution in [0.2, 0.25) is 0 Å². The van der Waals surface area contributed by atoms with E-state index in [0.717, 1.165) is 100 Å². The van der Waals surface area contributed by atoms with Gasteiger partial charge in [0.15, 0.2) is 17.5 Å². The lowest BCUT2D eigenvalue weighted by atomic mass is 10.0. The standard InChI is InChI=1S/C49H30N6OS/c1-3-14-29(15-4-1)42-45-43(35-20-9-12-25-41(35)57-45)51-48(50-42)36-22-13-21-34-37-28-31(26-27-40(37)56-44(34)36)47-52-46(30-16-5-2-6-17-30)53-49(54-47)55-38-23-10-7-18-32(38)33-19-8-11-24-39(33)55/h2-3,5-28H,1,4H2. The Hall–Kier alpha value is -7.29. The lowest BCUT2D eigenvalue weighted by Gasteiger charge is -2.11. The van der Waals surface area contributed by atoms with E-state index in [-0.39, 0.29) is 0 Å². The number of para-hydroxylation sites is 3. The maximum absolute atomic E-state index is 6.70. The summed E-state index contributed by atoms with van der Waals surface area (Å²) in [5.41, 5.74) is 9.27.